The number of sulfonamides is 1. The quantitative estimate of drug-likeness (QED) is 0.677. The summed E-state index contributed by atoms with van der Waals surface area (Å²) in [5.41, 5.74) is 2.73. The van der Waals surface area contributed by atoms with Crippen LogP contribution >= 0.6 is 0 Å². The Labute approximate surface area is 158 Å². The van der Waals surface area contributed by atoms with Gasteiger partial charge in [0.1, 0.15) is 11.9 Å². The van der Waals surface area contributed by atoms with Gasteiger partial charge in [-0.2, -0.15) is 9.57 Å². The molecule has 0 saturated heterocycles. The average Bonchev–Trinajstić information content (AvgIpc) is 3.20. The Hall–Kier alpha value is -2.63. The molecule has 140 valence electrons. The molecule has 8 heteroatoms. The van der Waals surface area contributed by atoms with Gasteiger partial charge in [-0.3, -0.25) is 0 Å². The summed E-state index contributed by atoms with van der Waals surface area (Å²) in [4.78, 5) is 4.62. The van der Waals surface area contributed by atoms with Crippen molar-refractivity contribution in [3.8, 4) is 6.07 Å². The van der Waals surface area contributed by atoms with Gasteiger partial charge in [0.15, 0.2) is 0 Å². The summed E-state index contributed by atoms with van der Waals surface area (Å²) < 4.78 is 30.2. The lowest BCUT2D eigenvalue weighted by molar-refractivity contribution is 0.401. The Kier molecular flexibility index (Phi) is 4.50. The van der Waals surface area contributed by atoms with Crippen LogP contribution in [0.15, 0.2) is 36.8 Å². The van der Waals surface area contributed by atoms with Gasteiger partial charge in [0.25, 0.3) is 0 Å². The summed E-state index contributed by atoms with van der Waals surface area (Å²) in [7, 11) is -3.46. The molecule has 0 saturated carbocycles. The van der Waals surface area contributed by atoms with Crippen LogP contribution in [0.3, 0.4) is 0 Å². The van der Waals surface area contributed by atoms with E-state index in [0.29, 0.717) is 11.1 Å². The van der Waals surface area contributed by atoms with E-state index in [0.717, 1.165) is 42.8 Å². The van der Waals surface area contributed by atoms with E-state index in [4.69, 9.17) is 0 Å². The Balaban J connectivity index is 1.66. The summed E-state index contributed by atoms with van der Waals surface area (Å²) >= 11 is 0. The molecule has 0 aliphatic carbocycles. The Bertz CT molecular complexity index is 1110. The Morgan fingerprint density at radius 1 is 1.26 bits per heavy atom. The molecule has 3 aromatic rings. The number of rotatable bonds is 5. The summed E-state index contributed by atoms with van der Waals surface area (Å²) in [6.45, 7) is 1.28. The first-order valence-corrected chi connectivity index (χ1v) is 10.8. The molecule has 27 heavy (non-hydrogen) atoms. The van der Waals surface area contributed by atoms with Gasteiger partial charge in [-0.15, -0.1) is 0 Å². The Morgan fingerprint density at radius 2 is 2.11 bits per heavy atom. The summed E-state index contributed by atoms with van der Waals surface area (Å²) in [6.07, 6.45) is 10.0. The van der Waals surface area contributed by atoms with Crippen LogP contribution in [-0.4, -0.2) is 32.9 Å². The minimum Gasteiger partial charge on any atom is -0.335 e. The molecule has 0 aromatic carbocycles. The number of nitrogens with zero attached hydrogens (tertiary/aromatic N) is 5. The normalized spacial score (nSPS) is 14.4. The van der Waals surface area contributed by atoms with E-state index in [-0.39, 0.29) is 13.1 Å². The van der Waals surface area contributed by atoms with Gasteiger partial charge in [-0.25, -0.2) is 13.4 Å². The van der Waals surface area contributed by atoms with E-state index in [1.807, 2.05) is 41.2 Å². The van der Waals surface area contributed by atoms with Crippen molar-refractivity contribution in [2.24, 2.45) is 0 Å². The number of hydrogen-bond donors (Lipinski definition) is 0. The number of aromatic nitrogens is 3. The lowest BCUT2D eigenvalue weighted by Crippen LogP contribution is -2.29. The van der Waals surface area contributed by atoms with Crippen LogP contribution in [0.5, 0.6) is 0 Å². The molecule has 0 fully saturated rings. The fourth-order valence-corrected chi connectivity index (χ4v) is 4.38. The van der Waals surface area contributed by atoms with Gasteiger partial charge in [0, 0.05) is 43.7 Å². The fraction of sp³-hybridized carbons (Fsp3) is 0.368. The first-order chi connectivity index (χ1) is 13.0. The average molecular weight is 383 g/mol. The molecule has 3 aromatic heterocycles. The van der Waals surface area contributed by atoms with Gasteiger partial charge in [-0.05, 0) is 25.0 Å². The van der Waals surface area contributed by atoms with Crippen molar-refractivity contribution >= 4 is 15.5 Å². The predicted molar refractivity (Wildman–Crippen MR) is 101 cm³/mol. The smallest absolute Gasteiger partial charge is 0.211 e. The van der Waals surface area contributed by atoms with Crippen molar-refractivity contribution in [3.05, 3.63) is 59.4 Å². The first kappa shape index (κ1) is 17.8. The molecule has 4 heterocycles. The fourth-order valence-electron chi connectivity index (χ4n) is 3.64. The second kappa shape index (κ2) is 6.83. The SMILES string of the molecule is CS(=O)(=O)N(Cc1cn2c(n1)CCCC2)Cc1cn2ccccc2c1C#N. The highest BCUT2D eigenvalue weighted by atomic mass is 32.2. The summed E-state index contributed by atoms with van der Waals surface area (Å²) in [6, 6.07) is 7.82. The highest BCUT2D eigenvalue weighted by Crippen LogP contribution is 2.22. The zero-order valence-corrected chi connectivity index (χ0v) is 16.0. The van der Waals surface area contributed by atoms with Gasteiger partial charge >= 0.3 is 0 Å². The number of pyridine rings is 1. The first-order valence-electron chi connectivity index (χ1n) is 8.94. The minimum absolute atomic E-state index is 0.144. The van der Waals surface area contributed by atoms with Gasteiger partial charge in [0.05, 0.1) is 29.6 Å². The second-order valence-electron chi connectivity index (χ2n) is 6.96. The van der Waals surface area contributed by atoms with E-state index < -0.39 is 10.0 Å². The minimum atomic E-state index is -3.46. The van der Waals surface area contributed by atoms with E-state index in [1.165, 1.54) is 10.6 Å². The third kappa shape index (κ3) is 3.48. The highest BCUT2D eigenvalue weighted by molar-refractivity contribution is 7.88. The number of fused-ring (bicyclic) bond motifs is 2. The van der Waals surface area contributed by atoms with Crippen LogP contribution in [-0.2, 0) is 36.1 Å². The molecular weight excluding hydrogens is 362 g/mol. The number of aryl methyl sites for hydroxylation is 2. The maximum atomic E-state index is 12.4. The molecule has 7 nitrogen and oxygen atoms in total. The lowest BCUT2D eigenvalue weighted by atomic mass is 10.2. The maximum Gasteiger partial charge on any atom is 0.211 e. The summed E-state index contributed by atoms with van der Waals surface area (Å²) in [5.74, 6) is 1.03. The standard InChI is InChI=1S/C19H21N5O2S/c1-27(25,26)24(14-16-13-23-9-5-3-7-19(23)21-16)12-15-11-22-8-4-2-6-18(22)17(15)10-20/h2,4,6,8,11,13H,3,5,7,9,12,14H2,1H3. The molecule has 1 aliphatic rings. The van der Waals surface area contributed by atoms with E-state index in [2.05, 4.69) is 15.6 Å². The van der Waals surface area contributed by atoms with Crippen LogP contribution in [0.1, 0.15) is 35.5 Å². The van der Waals surface area contributed by atoms with Crippen LogP contribution in [0, 0.1) is 11.3 Å². The molecular formula is C19H21N5O2S. The zero-order chi connectivity index (χ0) is 19.0. The number of hydrogen-bond acceptors (Lipinski definition) is 4. The molecule has 0 N–H and O–H groups in total. The maximum absolute atomic E-state index is 12.4. The highest BCUT2D eigenvalue weighted by Gasteiger charge is 2.23. The third-order valence-electron chi connectivity index (χ3n) is 4.99. The summed E-state index contributed by atoms with van der Waals surface area (Å²) in [5, 5.41) is 9.57. The molecule has 1 aliphatic heterocycles. The largest absolute Gasteiger partial charge is 0.335 e. The molecule has 0 amide bonds. The number of nitriles is 1. The van der Waals surface area contributed by atoms with Crippen molar-refractivity contribution in [1.29, 1.82) is 5.26 Å². The Morgan fingerprint density at radius 3 is 2.85 bits per heavy atom. The van der Waals surface area contributed by atoms with E-state index in [9.17, 15) is 13.7 Å². The van der Waals surface area contributed by atoms with Gasteiger partial charge < -0.3 is 8.97 Å². The molecule has 0 bridgehead atoms. The predicted octanol–water partition coefficient (Wildman–Crippen LogP) is 2.31. The monoisotopic (exact) mass is 383 g/mol. The lowest BCUT2D eigenvalue weighted by Gasteiger charge is -2.18. The van der Waals surface area contributed by atoms with E-state index >= 15 is 0 Å². The molecule has 0 radical (unpaired) electrons. The molecule has 0 spiro atoms. The molecule has 4 rings (SSSR count). The topological polar surface area (TPSA) is 83.4 Å². The van der Waals surface area contributed by atoms with Crippen molar-refractivity contribution in [3.63, 3.8) is 0 Å². The van der Waals surface area contributed by atoms with Crippen molar-refractivity contribution < 1.29 is 8.42 Å². The number of imidazole rings is 1. The van der Waals surface area contributed by atoms with Crippen LogP contribution in [0.2, 0.25) is 0 Å². The third-order valence-corrected chi connectivity index (χ3v) is 6.18. The zero-order valence-electron chi connectivity index (χ0n) is 15.2. The molecule has 0 unspecified atom stereocenters. The van der Waals surface area contributed by atoms with Gasteiger partial charge in [0.2, 0.25) is 10.0 Å². The van der Waals surface area contributed by atoms with E-state index in [1.54, 1.807) is 0 Å². The van der Waals surface area contributed by atoms with Crippen molar-refractivity contribution in [2.75, 3.05) is 6.26 Å². The van der Waals surface area contributed by atoms with Crippen LogP contribution in [0.25, 0.3) is 5.52 Å². The second-order valence-corrected chi connectivity index (χ2v) is 8.95. The van der Waals surface area contributed by atoms with Crippen LogP contribution in [0.4, 0.5) is 0 Å². The molecule has 0 atom stereocenters. The van der Waals surface area contributed by atoms with Crippen LogP contribution < -0.4 is 0 Å². The van der Waals surface area contributed by atoms with Crippen molar-refractivity contribution in [2.45, 2.75) is 38.9 Å². The van der Waals surface area contributed by atoms with Crippen molar-refractivity contribution in [1.82, 2.24) is 18.3 Å². The van der Waals surface area contributed by atoms with Gasteiger partial charge in [-0.1, -0.05) is 6.07 Å².